The highest BCUT2D eigenvalue weighted by molar-refractivity contribution is 7.13. The second-order valence-electron chi connectivity index (χ2n) is 5.42. The zero-order valence-corrected chi connectivity index (χ0v) is 14.5. The van der Waals surface area contributed by atoms with Gasteiger partial charge in [0, 0.05) is 25.4 Å². The molecule has 1 aliphatic rings. The number of benzene rings is 1. The molecule has 25 heavy (non-hydrogen) atoms. The molecule has 0 aliphatic carbocycles. The molecule has 1 N–H and O–H groups in total. The number of nitrogens with zero attached hydrogens (tertiary/aromatic N) is 2. The van der Waals surface area contributed by atoms with Gasteiger partial charge in [-0.15, -0.1) is 11.3 Å². The quantitative estimate of drug-likeness (QED) is 0.681. The summed E-state index contributed by atoms with van der Waals surface area (Å²) in [7, 11) is 1.67. The fraction of sp³-hybridized carbons (Fsp3) is 0.222. The Morgan fingerprint density at radius 1 is 1.24 bits per heavy atom. The van der Waals surface area contributed by atoms with Crippen molar-refractivity contribution < 1.29 is 14.2 Å². The van der Waals surface area contributed by atoms with Crippen LogP contribution in [0, 0.1) is 0 Å². The molecule has 3 aromatic rings. The SMILES string of the molecule is COCCNc1ncc(-c2ccc3c(c2)OCO3)c(-c2cccs2)n1. The Bertz CT molecular complexity index is 868. The second kappa shape index (κ2) is 7.08. The number of rotatable bonds is 6. The highest BCUT2D eigenvalue weighted by Crippen LogP contribution is 2.39. The van der Waals surface area contributed by atoms with Crippen molar-refractivity contribution >= 4 is 17.3 Å². The first-order valence-electron chi connectivity index (χ1n) is 7.89. The van der Waals surface area contributed by atoms with E-state index in [4.69, 9.17) is 19.2 Å². The van der Waals surface area contributed by atoms with Gasteiger partial charge < -0.3 is 19.5 Å². The number of hydrogen-bond acceptors (Lipinski definition) is 7. The van der Waals surface area contributed by atoms with Gasteiger partial charge in [0.25, 0.3) is 0 Å². The Labute approximate surface area is 149 Å². The highest BCUT2D eigenvalue weighted by atomic mass is 32.1. The molecule has 0 atom stereocenters. The Morgan fingerprint density at radius 2 is 2.16 bits per heavy atom. The molecule has 128 valence electrons. The number of fused-ring (bicyclic) bond motifs is 1. The summed E-state index contributed by atoms with van der Waals surface area (Å²) in [5.74, 6) is 2.10. The normalized spacial score (nSPS) is 12.4. The van der Waals surface area contributed by atoms with Crippen LogP contribution in [0.15, 0.2) is 41.9 Å². The molecule has 2 aromatic heterocycles. The molecule has 0 bridgehead atoms. The number of aromatic nitrogens is 2. The minimum atomic E-state index is 0.259. The molecule has 0 fully saturated rings. The van der Waals surface area contributed by atoms with Crippen molar-refractivity contribution in [3.63, 3.8) is 0 Å². The number of ether oxygens (including phenoxy) is 3. The van der Waals surface area contributed by atoms with Crippen molar-refractivity contribution in [2.45, 2.75) is 0 Å². The van der Waals surface area contributed by atoms with Gasteiger partial charge >= 0.3 is 0 Å². The van der Waals surface area contributed by atoms with E-state index in [1.165, 1.54) is 0 Å². The molecule has 0 saturated heterocycles. The van der Waals surface area contributed by atoms with Crippen LogP contribution in [0.4, 0.5) is 5.95 Å². The van der Waals surface area contributed by atoms with E-state index in [9.17, 15) is 0 Å². The van der Waals surface area contributed by atoms with Crippen molar-refractivity contribution in [1.29, 1.82) is 0 Å². The summed E-state index contributed by atoms with van der Waals surface area (Å²) in [4.78, 5) is 10.3. The summed E-state index contributed by atoms with van der Waals surface area (Å²) in [6.07, 6.45) is 1.84. The van der Waals surface area contributed by atoms with Gasteiger partial charge in [-0.2, -0.15) is 0 Å². The standard InChI is InChI=1S/C18H17N3O3S/c1-22-7-6-19-18-20-10-13(17(21-18)16-3-2-8-25-16)12-4-5-14-15(9-12)24-11-23-14/h2-5,8-10H,6-7,11H2,1H3,(H,19,20,21). The van der Waals surface area contributed by atoms with E-state index >= 15 is 0 Å². The number of methoxy groups -OCH3 is 1. The largest absolute Gasteiger partial charge is 0.454 e. The monoisotopic (exact) mass is 355 g/mol. The zero-order valence-electron chi connectivity index (χ0n) is 13.7. The minimum absolute atomic E-state index is 0.259. The lowest BCUT2D eigenvalue weighted by Crippen LogP contribution is -2.10. The Morgan fingerprint density at radius 3 is 3.00 bits per heavy atom. The topological polar surface area (TPSA) is 65.5 Å². The van der Waals surface area contributed by atoms with Gasteiger partial charge in [0.15, 0.2) is 11.5 Å². The number of anilines is 1. The summed E-state index contributed by atoms with van der Waals surface area (Å²) in [5, 5.41) is 5.22. The maximum atomic E-state index is 5.49. The third-order valence-electron chi connectivity index (χ3n) is 3.82. The van der Waals surface area contributed by atoms with E-state index < -0.39 is 0 Å². The van der Waals surface area contributed by atoms with E-state index in [1.807, 2.05) is 35.8 Å². The molecule has 0 radical (unpaired) electrons. The van der Waals surface area contributed by atoms with Gasteiger partial charge in [-0.25, -0.2) is 9.97 Å². The number of thiophene rings is 1. The van der Waals surface area contributed by atoms with Crippen molar-refractivity contribution in [2.75, 3.05) is 32.4 Å². The van der Waals surface area contributed by atoms with Crippen LogP contribution >= 0.6 is 11.3 Å². The predicted octanol–water partition coefficient (Wildman–Crippen LogP) is 3.66. The van der Waals surface area contributed by atoms with Crippen molar-refractivity contribution in [3.8, 4) is 33.2 Å². The predicted molar refractivity (Wildman–Crippen MR) is 97.3 cm³/mol. The maximum absolute atomic E-state index is 5.49. The van der Waals surface area contributed by atoms with Crippen LogP contribution in [-0.2, 0) is 4.74 Å². The minimum Gasteiger partial charge on any atom is -0.454 e. The lowest BCUT2D eigenvalue weighted by molar-refractivity contribution is 0.174. The summed E-state index contributed by atoms with van der Waals surface area (Å²) in [5.41, 5.74) is 2.85. The fourth-order valence-electron chi connectivity index (χ4n) is 2.61. The molecule has 0 unspecified atom stereocenters. The van der Waals surface area contributed by atoms with Crippen LogP contribution in [0.1, 0.15) is 0 Å². The van der Waals surface area contributed by atoms with Gasteiger partial charge in [-0.05, 0) is 29.1 Å². The molecule has 0 spiro atoms. The molecule has 0 amide bonds. The lowest BCUT2D eigenvalue weighted by atomic mass is 10.0. The molecule has 7 heteroatoms. The summed E-state index contributed by atoms with van der Waals surface area (Å²) in [6.45, 7) is 1.51. The van der Waals surface area contributed by atoms with Crippen LogP contribution in [0.5, 0.6) is 11.5 Å². The molecule has 1 aliphatic heterocycles. The van der Waals surface area contributed by atoms with Crippen molar-refractivity contribution in [1.82, 2.24) is 9.97 Å². The first kappa shape index (κ1) is 15.9. The summed E-state index contributed by atoms with van der Waals surface area (Å²) in [6, 6.07) is 9.96. The average Bonchev–Trinajstić information content (AvgIpc) is 3.33. The van der Waals surface area contributed by atoms with E-state index in [1.54, 1.807) is 18.4 Å². The third kappa shape index (κ3) is 3.29. The van der Waals surface area contributed by atoms with Crippen LogP contribution in [0.2, 0.25) is 0 Å². The second-order valence-corrected chi connectivity index (χ2v) is 6.37. The van der Waals surface area contributed by atoms with Crippen LogP contribution in [-0.4, -0.2) is 37.0 Å². The Hall–Kier alpha value is -2.64. The van der Waals surface area contributed by atoms with Crippen LogP contribution in [0.3, 0.4) is 0 Å². The van der Waals surface area contributed by atoms with Crippen LogP contribution in [0.25, 0.3) is 21.7 Å². The molecular formula is C18H17N3O3S. The zero-order chi connectivity index (χ0) is 17.1. The molecule has 0 saturated carbocycles. The van der Waals surface area contributed by atoms with Crippen molar-refractivity contribution in [2.24, 2.45) is 0 Å². The van der Waals surface area contributed by atoms with E-state index in [0.717, 1.165) is 33.2 Å². The highest BCUT2D eigenvalue weighted by Gasteiger charge is 2.17. The van der Waals surface area contributed by atoms with Crippen molar-refractivity contribution in [3.05, 3.63) is 41.9 Å². The Kier molecular flexibility index (Phi) is 4.49. The number of nitrogens with one attached hydrogen (secondary N) is 1. The van der Waals surface area contributed by atoms with Gasteiger partial charge in [-0.3, -0.25) is 0 Å². The molecule has 4 rings (SSSR count). The summed E-state index contributed by atoms with van der Waals surface area (Å²) >= 11 is 1.65. The van der Waals surface area contributed by atoms with Gasteiger partial charge in [0.2, 0.25) is 12.7 Å². The average molecular weight is 355 g/mol. The first-order valence-corrected chi connectivity index (χ1v) is 8.77. The smallest absolute Gasteiger partial charge is 0.231 e. The van der Waals surface area contributed by atoms with Gasteiger partial charge in [0.1, 0.15) is 0 Å². The third-order valence-corrected chi connectivity index (χ3v) is 4.69. The molecule has 6 nitrogen and oxygen atoms in total. The fourth-order valence-corrected chi connectivity index (χ4v) is 3.34. The Balaban J connectivity index is 1.73. The first-order chi connectivity index (χ1) is 12.3. The van der Waals surface area contributed by atoms with Gasteiger partial charge in [0.05, 0.1) is 17.2 Å². The van der Waals surface area contributed by atoms with E-state index in [-0.39, 0.29) is 6.79 Å². The summed E-state index contributed by atoms with van der Waals surface area (Å²) < 4.78 is 15.9. The molecule has 1 aromatic carbocycles. The van der Waals surface area contributed by atoms with E-state index in [0.29, 0.717) is 19.1 Å². The van der Waals surface area contributed by atoms with Gasteiger partial charge in [-0.1, -0.05) is 12.1 Å². The molecular weight excluding hydrogens is 338 g/mol. The lowest BCUT2D eigenvalue weighted by Gasteiger charge is -2.11. The van der Waals surface area contributed by atoms with E-state index in [2.05, 4.69) is 16.4 Å². The molecule has 3 heterocycles. The number of hydrogen-bond donors (Lipinski definition) is 1. The maximum Gasteiger partial charge on any atom is 0.231 e. The van der Waals surface area contributed by atoms with Crippen LogP contribution < -0.4 is 14.8 Å².